The number of hydrogen-bond donors (Lipinski definition) is 2. The highest BCUT2D eigenvalue weighted by Crippen LogP contribution is 2.15. The number of carbonyl (C=O) groups is 1. The Hall–Kier alpha value is -0.620. The minimum atomic E-state index is -3.16. The lowest BCUT2D eigenvalue weighted by Crippen LogP contribution is -2.46. The molecular weight excluding hydrogens is 240 g/mol. The second-order valence-corrected chi connectivity index (χ2v) is 7.92. The second kappa shape index (κ2) is 5.35. The molecule has 1 aliphatic heterocycles. The zero-order valence-electron chi connectivity index (χ0n) is 10.7. The fourth-order valence-electron chi connectivity index (χ4n) is 1.66. The maximum atomic E-state index is 11.8. The predicted molar refractivity (Wildman–Crippen MR) is 67.5 cm³/mol. The molecule has 0 aliphatic carbocycles. The summed E-state index contributed by atoms with van der Waals surface area (Å²) in [6, 6.07) is 0. The van der Waals surface area contributed by atoms with Crippen LogP contribution in [0.1, 0.15) is 26.7 Å². The van der Waals surface area contributed by atoms with Crippen LogP contribution in [0.5, 0.6) is 0 Å². The quantitative estimate of drug-likeness (QED) is 0.743. The monoisotopic (exact) mass is 262 g/mol. The molecule has 1 saturated heterocycles. The van der Waals surface area contributed by atoms with E-state index in [2.05, 4.69) is 10.6 Å². The molecule has 0 aromatic carbocycles. The molecule has 1 rings (SSSR count). The molecule has 6 heteroatoms. The maximum Gasteiger partial charge on any atom is 0.223 e. The van der Waals surface area contributed by atoms with Gasteiger partial charge in [0.15, 0.2) is 9.84 Å². The Balaban J connectivity index is 2.47. The van der Waals surface area contributed by atoms with E-state index in [1.54, 1.807) is 13.8 Å². The Kier molecular flexibility index (Phi) is 4.55. The van der Waals surface area contributed by atoms with Gasteiger partial charge in [-0.3, -0.25) is 4.79 Å². The molecule has 1 fully saturated rings. The van der Waals surface area contributed by atoms with E-state index in [0.29, 0.717) is 0 Å². The van der Waals surface area contributed by atoms with Crippen LogP contribution in [0.15, 0.2) is 0 Å². The fourth-order valence-corrected chi connectivity index (χ4v) is 1.99. The molecule has 5 nitrogen and oxygen atoms in total. The Morgan fingerprint density at radius 2 is 1.88 bits per heavy atom. The van der Waals surface area contributed by atoms with E-state index in [9.17, 15) is 13.2 Å². The van der Waals surface area contributed by atoms with Gasteiger partial charge in [0.2, 0.25) is 5.91 Å². The van der Waals surface area contributed by atoms with Crippen LogP contribution in [0.3, 0.4) is 0 Å². The van der Waals surface area contributed by atoms with E-state index in [4.69, 9.17) is 0 Å². The van der Waals surface area contributed by atoms with Gasteiger partial charge >= 0.3 is 0 Å². The molecule has 0 atom stereocenters. The highest BCUT2D eigenvalue weighted by atomic mass is 32.2. The average Bonchev–Trinajstić information content (AvgIpc) is 2.25. The fraction of sp³-hybridized carbons (Fsp3) is 0.909. The van der Waals surface area contributed by atoms with Gasteiger partial charge in [-0.2, -0.15) is 0 Å². The molecule has 0 bridgehead atoms. The van der Waals surface area contributed by atoms with Gasteiger partial charge in [0.25, 0.3) is 0 Å². The first kappa shape index (κ1) is 14.4. The molecule has 0 radical (unpaired) electrons. The number of rotatable bonds is 4. The van der Waals surface area contributed by atoms with Crippen molar-refractivity contribution in [2.24, 2.45) is 5.92 Å². The van der Waals surface area contributed by atoms with E-state index >= 15 is 0 Å². The summed E-state index contributed by atoms with van der Waals surface area (Å²) in [5.41, 5.74) is 0. The van der Waals surface area contributed by atoms with E-state index in [1.807, 2.05) is 0 Å². The number of carbonyl (C=O) groups excluding carboxylic acids is 1. The van der Waals surface area contributed by atoms with E-state index < -0.39 is 14.6 Å². The van der Waals surface area contributed by atoms with Gasteiger partial charge in [-0.1, -0.05) is 0 Å². The predicted octanol–water partition coefficient (Wildman–Crippen LogP) is -0.0746. The van der Waals surface area contributed by atoms with Crippen molar-refractivity contribution in [2.75, 3.05) is 25.9 Å². The van der Waals surface area contributed by atoms with Crippen LogP contribution in [0.4, 0.5) is 0 Å². The standard InChI is InChI=1S/C11H22N2O3S/c1-11(2,17(3,15)16)8-13-10(14)9-4-6-12-7-5-9/h9,12H,4-8H2,1-3H3,(H,13,14). The summed E-state index contributed by atoms with van der Waals surface area (Å²) in [6.07, 6.45) is 2.85. The molecule has 0 aromatic rings. The first-order valence-corrected chi connectivity index (χ1v) is 7.81. The lowest BCUT2D eigenvalue weighted by atomic mass is 9.97. The van der Waals surface area contributed by atoms with Gasteiger partial charge in [-0.15, -0.1) is 0 Å². The topological polar surface area (TPSA) is 75.3 Å². The number of nitrogens with one attached hydrogen (secondary N) is 2. The summed E-state index contributed by atoms with van der Waals surface area (Å²) in [7, 11) is -3.16. The maximum absolute atomic E-state index is 11.8. The normalized spacial score (nSPS) is 19.0. The van der Waals surface area contributed by atoms with Crippen molar-refractivity contribution in [1.29, 1.82) is 0 Å². The molecule has 0 saturated carbocycles. The molecule has 0 spiro atoms. The average molecular weight is 262 g/mol. The van der Waals surface area contributed by atoms with Gasteiger partial charge in [0.05, 0.1) is 4.75 Å². The molecule has 1 amide bonds. The molecule has 1 aliphatic rings. The Morgan fingerprint density at radius 1 is 1.35 bits per heavy atom. The lowest BCUT2D eigenvalue weighted by Gasteiger charge is -2.26. The Morgan fingerprint density at radius 3 is 2.35 bits per heavy atom. The summed E-state index contributed by atoms with van der Waals surface area (Å²) in [6.45, 7) is 5.14. The minimum Gasteiger partial charge on any atom is -0.354 e. The molecule has 1 heterocycles. The van der Waals surface area contributed by atoms with Crippen molar-refractivity contribution < 1.29 is 13.2 Å². The van der Waals surface area contributed by atoms with Crippen molar-refractivity contribution in [3.63, 3.8) is 0 Å². The van der Waals surface area contributed by atoms with Crippen LogP contribution in [-0.4, -0.2) is 45.0 Å². The lowest BCUT2D eigenvalue weighted by molar-refractivity contribution is -0.125. The van der Waals surface area contributed by atoms with Crippen molar-refractivity contribution in [3.8, 4) is 0 Å². The van der Waals surface area contributed by atoms with Gasteiger partial charge in [-0.25, -0.2) is 8.42 Å². The Bertz CT molecular complexity index is 370. The number of sulfone groups is 1. The molecule has 2 N–H and O–H groups in total. The van der Waals surface area contributed by atoms with Crippen LogP contribution in [0.25, 0.3) is 0 Å². The zero-order valence-corrected chi connectivity index (χ0v) is 11.6. The SMILES string of the molecule is CC(C)(CNC(=O)C1CCNCC1)S(C)(=O)=O. The van der Waals surface area contributed by atoms with Crippen LogP contribution < -0.4 is 10.6 Å². The summed E-state index contributed by atoms with van der Waals surface area (Å²) >= 11 is 0. The summed E-state index contributed by atoms with van der Waals surface area (Å²) in [5, 5.41) is 5.94. The molecule has 0 unspecified atom stereocenters. The van der Waals surface area contributed by atoms with E-state index in [-0.39, 0.29) is 18.4 Å². The first-order valence-electron chi connectivity index (χ1n) is 5.92. The second-order valence-electron chi connectivity index (χ2n) is 5.27. The highest BCUT2D eigenvalue weighted by Gasteiger charge is 2.31. The summed E-state index contributed by atoms with van der Waals surface area (Å²) in [4.78, 5) is 11.8. The molecule has 17 heavy (non-hydrogen) atoms. The molecule has 0 aromatic heterocycles. The first-order chi connectivity index (χ1) is 7.74. The summed E-state index contributed by atoms with van der Waals surface area (Å²) in [5.74, 6) is -0.00478. The van der Waals surface area contributed by atoms with Gasteiger partial charge in [0.1, 0.15) is 0 Å². The van der Waals surface area contributed by atoms with E-state index in [0.717, 1.165) is 25.9 Å². The van der Waals surface area contributed by atoms with E-state index in [1.165, 1.54) is 6.26 Å². The highest BCUT2D eigenvalue weighted by molar-refractivity contribution is 7.92. The van der Waals surface area contributed by atoms with Gasteiger partial charge in [-0.05, 0) is 39.8 Å². The van der Waals surface area contributed by atoms with Crippen LogP contribution in [0, 0.1) is 5.92 Å². The van der Waals surface area contributed by atoms with Gasteiger partial charge < -0.3 is 10.6 Å². The minimum absolute atomic E-state index is 0.0200. The molecule has 100 valence electrons. The van der Waals surface area contributed by atoms with Crippen LogP contribution in [0.2, 0.25) is 0 Å². The molecular formula is C11H22N2O3S. The van der Waals surface area contributed by atoms with Crippen molar-refractivity contribution in [2.45, 2.75) is 31.4 Å². The largest absolute Gasteiger partial charge is 0.354 e. The zero-order chi connectivity index (χ0) is 13.1. The number of amides is 1. The summed E-state index contributed by atoms with van der Waals surface area (Å²) < 4.78 is 22.1. The van der Waals surface area contributed by atoms with Crippen LogP contribution >= 0.6 is 0 Å². The third-order valence-electron chi connectivity index (χ3n) is 3.40. The van der Waals surface area contributed by atoms with Crippen LogP contribution in [-0.2, 0) is 14.6 Å². The third kappa shape index (κ3) is 3.96. The van der Waals surface area contributed by atoms with Crippen molar-refractivity contribution in [3.05, 3.63) is 0 Å². The van der Waals surface area contributed by atoms with Crippen molar-refractivity contribution >= 4 is 15.7 Å². The van der Waals surface area contributed by atoms with Gasteiger partial charge in [0, 0.05) is 18.7 Å². The third-order valence-corrected chi connectivity index (χ3v) is 5.55. The van der Waals surface area contributed by atoms with Crippen molar-refractivity contribution in [1.82, 2.24) is 10.6 Å². The Labute approximate surface area is 103 Å². The number of hydrogen-bond acceptors (Lipinski definition) is 4. The number of piperidine rings is 1. The smallest absolute Gasteiger partial charge is 0.223 e.